The lowest BCUT2D eigenvalue weighted by molar-refractivity contribution is 0.827. The summed E-state index contributed by atoms with van der Waals surface area (Å²) in [6, 6.07) is 15.0. The van der Waals surface area contributed by atoms with Gasteiger partial charge in [-0.25, -0.2) is 0 Å². The topological polar surface area (TPSA) is 46.5 Å². The van der Waals surface area contributed by atoms with Gasteiger partial charge in [0.05, 0.1) is 6.20 Å². The van der Waals surface area contributed by atoms with Crippen LogP contribution in [0.3, 0.4) is 0 Å². The van der Waals surface area contributed by atoms with Gasteiger partial charge < -0.3 is 4.57 Å². The van der Waals surface area contributed by atoms with E-state index in [0.717, 1.165) is 17.8 Å². The molecule has 1 N–H and O–H groups in total. The number of nitrogens with zero attached hydrogens (tertiary/aromatic N) is 3. The quantitative estimate of drug-likeness (QED) is 0.600. The van der Waals surface area contributed by atoms with Crippen LogP contribution in [0.25, 0.3) is 33.1 Å². The summed E-state index contributed by atoms with van der Waals surface area (Å²) >= 11 is 0. The van der Waals surface area contributed by atoms with Crippen molar-refractivity contribution in [2.75, 3.05) is 0 Å². The van der Waals surface area contributed by atoms with E-state index in [1.165, 1.54) is 21.8 Å². The molecule has 4 heteroatoms. The Balaban J connectivity index is 2.10. The molecule has 98 valence electrons. The summed E-state index contributed by atoms with van der Waals surface area (Å²) in [6.07, 6.45) is 1.75. The molecule has 0 saturated carbocycles. The molecule has 2 aromatic carbocycles. The molecule has 2 aromatic heterocycles. The Bertz CT molecular complexity index is 888. The minimum absolute atomic E-state index is 0.875. The predicted molar refractivity (Wildman–Crippen MR) is 80.5 cm³/mol. The third-order valence-corrected chi connectivity index (χ3v) is 3.80. The third kappa shape index (κ3) is 1.48. The summed E-state index contributed by atoms with van der Waals surface area (Å²) in [5, 5.41) is 13.3. The van der Waals surface area contributed by atoms with Gasteiger partial charge in [-0.2, -0.15) is 15.4 Å². The number of fused-ring (bicyclic) bond motifs is 3. The zero-order valence-corrected chi connectivity index (χ0v) is 11.2. The van der Waals surface area contributed by atoms with Gasteiger partial charge in [-0.1, -0.05) is 24.3 Å². The Morgan fingerprint density at radius 1 is 1.05 bits per heavy atom. The number of hydrogen-bond donors (Lipinski definition) is 1. The number of rotatable bonds is 2. The van der Waals surface area contributed by atoms with E-state index in [9.17, 15) is 0 Å². The highest BCUT2D eigenvalue weighted by Gasteiger charge is 2.10. The zero-order chi connectivity index (χ0) is 13.5. The third-order valence-electron chi connectivity index (χ3n) is 3.80. The lowest BCUT2D eigenvalue weighted by atomic mass is 10.1. The van der Waals surface area contributed by atoms with Crippen LogP contribution < -0.4 is 0 Å². The standard InChI is InChI=1S/C16H14N4/c1-2-20-15-6-4-3-5-12(15)13-9-11(7-8-16(13)20)14-10-17-19-18-14/h3-10H,2H2,1H3,(H,17,18,19). The zero-order valence-electron chi connectivity index (χ0n) is 11.2. The number of aromatic amines is 1. The second-order valence-corrected chi connectivity index (χ2v) is 4.85. The highest BCUT2D eigenvalue weighted by molar-refractivity contribution is 6.09. The Morgan fingerprint density at radius 2 is 1.90 bits per heavy atom. The Kier molecular flexibility index (Phi) is 2.36. The number of nitrogens with one attached hydrogen (secondary N) is 1. The number of aromatic nitrogens is 4. The molecule has 0 aliphatic rings. The van der Waals surface area contributed by atoms with Gasteiger partial charge >= 0.3 is 0 Å². The Hall–Kier alpha value is -2.62. The maximum Gasteiger partial charge on any atom is 0.112 e. The molecule has 2 heterocycles. The van der Waals surface area contributed by atoms with Crippen molar-refractivity contribution in [3.8, 4) is 11.3 Å². The monoisotopic (exact) mass is 262 g/mol. The molecule has 0 aliphatic heterocycles. The predicted octanol–water partition coefficient (Wildman–Crippen LogP) is 3.60. The van der Waals surface area contributed by atoms with Crippen LogP contribution in [0, 0.1) is 0 Å². The lowest BCUT2D eigenvalue weighted by Crippen LogP contribution is -1.92. The van der Waals surface area contributed by atoms with Crippen LogP contribution >= 0.6 is 0 Å². The second-order valence-electron chi connectivity index (χ2n) is 4.85. The van der Waals surface area contributed by atoms with Crippen LogP contribution in [-0.4, -0.2) is 20.0 Å². The van der Waals surface area contributed by atoms with E-state index >= 15 is 0 Å². The number of benzene rings is 2. The molecule has 4 aromatic rings. The van der Waals surface area contributed by atoms with Gasteiger partial charge in [-0.3, -0.25) is 0 Å². The van der Waals surface area contributed by atoms with Gasteiger partial charge in [0.25, 0.3) is 0 Å². The maximum absolute atomic E-state index is 4.16. The van der Waals surface area contributed by atoms with Crippen molar-refractivity contribution in [1.29, 1.82) is 0 Å². The van der Waals surface area contributed by atoms with Gasteiger partial charge in [-0.15, -0.1) is 0 Å². The molecule has 0 atom stereocenters. The van der Waals surface area contributed by atoms with E-state index in [1.54, 1.807) is 6.20 Å². The highest BCUT2D eigenvalue weighted by atomic mass is 15.3. The molecular weight excluding hydrogens is 248 g/mol. The van der Waals surface area contributed by atoms with Crippen molar-refractivity contribution in [2.24, 2.45) is 0 Å². The smallest absolute Gasteiger partial charge is 0.112 e. The summed E-state index contributed by atoms with van der Waals surface area (Å²) in [5.41, 5.74) is 4.51. The molecule has 0 saturated heterocycles. The van der Waals surface area contributed by atoms with Crippen LogP contribution in [0.1, 0.15) is 6.92 Å². The van der Waals surface area contributed by atoms with Gasteiger partial charge in [0.1, 0.15) is 5.69 Å². The van der Waals surface area contributed by atoms with E-state index in [0.29, 0.717) is 0 Å². The molecule has 0 unspecified atom stereocenters. The first-order valence-electron chi connectivity index (χ1n) is 6.75. The van der Waals surface area contributed by atoms with Crippen LogP contribution in [-0.2, 0) is 6.54 Å². The first kappa shape index (κ1) is 11.2. The first-order chi connectivity index (χ1) is 9.88. The molecular formula is C16H14N4. The molecule has 20 heavy (non-hydrogen) atoms. The number of aryl methyl sites for hydroxylation is 1. The minimum atomic E-state index is 0.875. The van der Waals surface area contributed by atoms with E-state index < -0.39 is 0 Å². The number of H-pyrrole nitrogens is 1. The fourth-order valence-electron chi connectivity index (χ4n) is 2.89. The van der Waals surface area contributed by atoms with Crippen molar-refractivity contribution in [3.05, 3.63) is 48.7 Å². The molecule has 0 bridgehead atoms. The summed E-state index contributed by atoms with van der Waals surface area (Å²) in [5.74, 6) is 0. The van der Waals surface area contributed by atoms with Crippen LogP contribution in [0.4, 0.5) is 0 Å². The van der Waals surface area contributed by atoms with Crippen molar-refractivity contribution < 1.29 is 0 Å². The van der Waals surface area contributed by atoms with Gasteiger partial charge in [-0.05, 0) is 25.1 Å². The van der Waals surface area contributed by atoms with Crippen LogP contribution in [0.2, 0.25) is 0 Å². The molecule has 4 nitrogen and oxygen atoms in total. The number of hydrogen-bond acceptors (Lipinski definition) is 2. The Morgan fingerprint density at radius 3 is 2.70 bits per heavy atom. The fourth-order valence-corrected chi connectivity index (χ4v) is 2.89. The molecule has 0 spiro atoms. The van der Waals surface area contributed by atoms with E-state index in [1.807, 2.05) is 0 Å². The van der Waals surface area contributed by atoms with Gasteiger partial charge in [0.15, 0.2) is 0 Å². The molecule has 0 radical (unpaired) electrons. The largest absolute Gasteiger partial charge is 0.341 e. The van der Waals surface area contributed by atoms with Crippen molar-refractivity contribution in [1.82, 2.24) is 20.0 Å². The summed E-state index contributed by atoms with van der Waals surface area (Å²) < 4.78 is 2.34. The van der Waals surface area contributed by atoms with E-state index in [4.69, 9.17) is 0 Å². The summed E-state index contributed by atoms with van der Waals surface area (Å²) in [6.45, 7) is 3.14. The summed E-state index contributed by atoms with van der Waals surface area (Å²) in [7, 11) is 0. The average Bonchev–Trinajstić information content (AvgIpc) is 3.12. The van der Waals surface area contributed by atoms with Crippen LogP contribution in [0.15, 0.2) is 48.7 Å². The average molecular weight is 262 g/mol. The van der Waals surface area contributed by atoms with Crippen molar-refractivity contribution in [2.45, 2.75) is 13.5 Å². The fraction of sp³-hybridized carbons (Fsp3) is 0.125. The van der Waals surface area contributed by atoms with Gasteiger partial charge in [0, 0.05) is 33.9 Å². The molecule has 0 amide bonds. The van der Waals surface area contributed by atoms with Crippen LogP contribution in [0.5, 0.6) is 0 Å². The molecule has 0 aliphatic carbocycles. The van der Waals surface area contributed by atoms with E-state index in [-0.39, 0.29) is 0 Å². The lowest BCUT2D eigenvalue weighted by Gasteiger charge is -2.03. The van der Waals surface area contributed by atoms with Crippen molar-refractivity contribution in [3.63, 3.8) is 0 Å². The minimum Gasteiger partial charge on any atom is -0.341 e. The second kappa shape index (κ2) is 4.20. The molecule has 4 rings (SSSR count). The van der Waals surface area contributed by atoms with Gasteiger partial charge in [0.2, 0.25) is 0 Å². The SMILES string of the molecule is CCn1c2ccccc2c2cc(-c3cn[nH]n3)ccc21. The summed E-state index contributed by atoms with van der Waals surface area (Å²) in [4.78, 5) is 0. The first-order valence-corrected chi connectivity index (χ1v) is 6.75. The maximum atomic E-state index is 4.16. The Labute approximate surface area is 116 Å². The van der Waals surface area contributed by atoms with Crippen molar-refractivity contribution >= 4 is 21.8 Å². The van der Waals surface area contributed by atoms with E-state index in [2.05, 4.69) is 69.4 Å². The normalized spacial score (nSPS) is 11.4. The molecule has 0 fully saturated rings. The number of para-hydroxylation sites is 1. The highest BCUT2D eigenvalue weighted by Crippen LogP contribution is 2.31.